The zero-order chi connectivity index (χ0) is 16.1. The molecule has 1 aromatic heterocycles. The fourth-order valence-corrected chi connectivity index (χ4v) is 2.03. The van der Waals surface area contributed by atoms with Gasteiger partial charge >= 0.3 is 5.97 Å². The summed E-state index contributed by atoms with van der Waals surface area (Å²) in [7, 11) is 1.67. The Balaban J connectivity index is 2.21. The van der Waals surface area contributed by atoms with E-state index in [1.165, 1.54) is 6.07 Å². The zero-order valence-corrected chi connectivity index (χ0v) is 12.8. The van der Waals surface area contributed by atoms with Crippen molar-refractivity contribution < 1.29 is 14.6 Å². The van der Waals surface area contributed by atoms with Crippen LogP contribution in [-0.2, 0) is 6.61 Å². The lowest BCUT2D eigenvalue weighted by atomic mass is 10.0. The summed E-state index contributed by atoms with van der Waals surface area (Å²) in [5, 5.41) is 11.9. The molecule has 0 spiro atoms. The predicted octanol–water partition coefficient (Wildman–Crippen LogP) is 2.92. The largest absolute Gasteiger partial charge is 0.485 e. The molecule has 0 aliphatic rings. The third-order valence-electron chi connectivity index (χ3n) is 3.15. The topological polar surface area (TPSA) is 84.3 Å². The Morgan fingerprint density at radius 2 is 2.05 bits per heavy atom. The summed E-state index contributed by atoms with van der Waals surface area (Å²) in [5.41, 5.74) is 1.03. The number of ether oxygens (including phenoxy) is 1. The quantitative estimate of drug-likeness (QED) is 0.853. The van der Waals surface area contributed by atoms with Crippen molar-refractivity contribution >= 4 is 11.8 Å². The maximum atomic E-state index is 11.1. The van der Waals surface area contributed by atoms with Crippen molar-refractivity contribution in [2.24, 2.45) is 0 Å². The number of rotatable bonds is 6. The number of nitrogens with one attached hydrogen (secondary N) is 1. The smallest absolute Gasteiger partial charge is 0.354 e. The van der Waals surface area contributed by atoms with E-state index in [0.717, 1.165) is 11.3 Å². The van der Waals surface area contributed by atoms with E-state index in [1.807, 2.05) is 24.3 Å². The highest BCUT2D eigenvalue weighted by Gasteiger charge is 2.12. The van der Waals surface area contributed by atoms with Crippen LogP contribution in [0, 0.1) is 0 Å². The second-order valence-corrected chi connectivity index (χ2v) is 5.09. The zero-order valence-electron chi connectivity index (χ0n) is 12.8. The highest BCUT2D eigenvalue weighted by Crippen LogP contribution is 2.26. The van der Waals surface area contributed by atoms with Gasteiger partial charge in [0.1, 0.15) is 18.2 Å². The maximum Gasteiger partial charge on any atom is 0.354 e. The van der Waals surface area contributed by atoms with E-state index in [2.05, 4.69) is 29.1 Å². The van der Waals surface area contributed by atoms with Crippen LogP contribution in [0.1, 0.15) is 41.6 Å². The molecule has 0 aliphatic carbocycles. The van der Waals surface area contributed by atoms with E-state index in [1.54, 1.807) is 7.05 Å². The second-order valence-electron chi connectivity index (χ2n) is 5.09. The normalized spacial score (nSPS) is 10.5. The first-order valence-corrected chi connectivity index (χ1v) is 7.02. The molecule has 0 unspecified atom stereocenters. The molecule has 0 radical (unpaired) electrons. The highest BCUT2D eigenvalue weighted by molar-refractivity contribution is 5.86. The van der Waals surface area contributed by atoms with Crippen LogP contribution in [0.4, 0.5) is 5.82 Å². The number of aromatic carboxylic acids is 1. The lowest BCUT2D eigenvalue weighted by Crippen LogP contribution is -2.10. The van der Waals surface area contributed by atoms with E-state index in [9.17, 15) is 4.79 Å². The molecular weight excluding hydrogens is 282 g/mol. The lowest BCUT2D eigenvalue weighted by molar-refractivity contribution is 0.0689. The van der Waals surface area contributed by atoms with Crippen LogP contribution < -0.4 is 10.1 Å². The van der Waals surface area contributed by atoms with Crippen molar-refractivity contribution in [1.82, 2.24) is 9.97 Å². The summed E-state index contributed by atoms with van der Waals surface area (Å²) >= 11 is 0. The van der Waals surface area contributed by atoms with Gasteiger partial charge in [-0.05, 0) is 17.5 Å². The van der Waals surface area contributed by atoms with E-state index < -0.39 is 5.97 Å². The monoisotopic (exact) mass is 301 g/mol. The molecule has 1 aromatic carbocycles. The predicted molar refractivity (Wildman–Crippen MR) is 83.4 cm³/mol. The molecule has 22 heavy (non-hydrogen) atoms. The number of hydrogen-bond acceptors (Lipinski definition) is 5. The summed E-state index contributed by atoms with van der Waals surface area (Å²) in [6, 6.07) is 9.13. The van der Waals surface area contributed by atoms with Gasteiger partial charge in [-0.3, -0.25) is 0 Å². The standard InChI is InChI=1S/C16H19N3O3/c1-10(2)11-6-4-5-7-13(11)22-9-15-18-12(16(20)21)8-14(17-3)19-15/h4-8,10H,9H2,1-3H3,(H,20,21)(H,17,18,19). The molecule has 6 nitrogen and oxygen atoms in total. The number of aromatic nitrogens is 2. The van der Waals surface area contributed by atoms with Gasteiger partial charge in [-0.25, -0.2) is 14.8 Å². The van der Waals surface area contributed by atoms with Gasteiger partial charge in [0.15, 0.2) is 11.5 Å². The molecular formula is C16H19N3O3. The van der Waals surface area contributed by atoms with Gasteiger partial charge < -0.3 is 15.2 Å². The molecule has 0 fully saturated rings. The van der Waals surface area contributed by atoms with Crippen LogP contribution in [0.25, 0.3) is 0 Å². The Morgan fingerprint density at radius 1 is 1.32 bits per heavy atom. The molecule has 2 N–H and O–H groups in total. The van der Waals surface area contributed by atoms with Crippen molar-refractivity contribution in [3.63, 3.8) is 0 Å². The van der Waals surface area contributed by atoms with Gasteiger partial charge in [0.25, 0.3) is 0 Å². The molecule has 0 amide bonds. The summed E-state index contributed by atoms with van der Waals surface area (Å²) in [4.78, 5) is 19.3. The number of carboxylic acids is 1. The summed E-state index contributed by atoms with van der Waals surface area (Å²) in [6.45, 7) is 4.28. The fourth-order valence-electron chi connectivity index (χ4n) is 2.03. The van der Waals surface area contributed by atoms with Crippen LogP contribution in [0.5, 0.6) is 5.75 Å². The molecule has 0 aliphatic heterocycles. The molecule has 2 rings (SSSR count). The van der Waals surface area contributed by atoms with Gasteiger partial charge in [-0.1, -0.05) is 32.0 Å². The van der Waals surface area contributed by atoms with E-state index in [-0.39, 0.29) is 12.3 Å². The van der Waals surface area contributed by atoms with Crippen LogP contribution in [0.2, 0.25) is 0 Å². The molecule has 0 saturated carbocycles. The van der Waals surface area contributed by atoms with E-state index in [4.69, 9.17) is 9.84 Å². The molecule has 6 heteroatoms. The number of benzene rings is 1. The summed E-state index contributed by atoms with van der Waals surface area (Å²) in [6.07, 6.45) is 0. The number of carbonyl (C=O) groups is 1. The van der Waals surface area contributed by atoms with Gasteiger partial charge in [-0.15, -0.1) is 0 Å². The third-order valence-corrected chi connectivity index (χ3v) is 3.15. The molecule has 2 aromatic rings. The van der Waals surface area contributed by atoms with Crippen molar-refractivity contribution in [2.75, 3.05) is 12.4 Å². The van der Waals surface area contributed by atoms with Gasteiger partial charge in [0.2, 0.25) is 0 Å². The van der Waals surface area contributed by atoms with Crippen LogP contribution >= 0.6 is 0 Å². The summed E-state index contributed by atoms with van der Waals surface area (Å²) in [5.74, 6) is 0.761. The first kappa shape index (κ1) is 15.8. The Morgan fingerprint density at radius 3 is 2.68 bits per heavy atom. The van der Waals surface area contributed by atoms with Crippen molar-refractivity contribution in [3.8, 4) is 5.75 Å². The first-order chi connectivity index (χ1) is 10.5. The molecule has 116 valence electrons. The highest BCUT2D eigenvalue weighted by atomic mass is 16.5. The lowest BCUT2D eigenvalue weighted by Gasteiger charge is -2.13. The van der Waals surface area contributed by atoms with Gasteiger partial charge in [0.05, 0.1) is 0 Å². The Bertz CT molecular complexity index is 671. The van der Waals surface area contributed by atoms with Crippen LogP contribution in [-0.4, -0.2) is 28.1 Å². The summed E-state index contributed by atoms with van der Waals surface area (Å²) < 4.78 is 5.77. The Hall–Kier alpha value is -2.63. The van der Waals surface area contributed by atoms with Gasteiger partial charge in [-0.2, -0.15) is 0 Å². The molecule has 0 bridgehead atoms. The minimum atomic E-state index is -1.09. The van der Waals surface area contributed by atoms with Crippen LogP contribution in [0.15, 0.2) is 30.3 Å². The maximum absolute atomic E-state index is 11.1. The number of carboxylic acid groups (broad SMARTS) is 1. The van der Waals surface area contributed by atoms with Gasteiger partial charge in [0, 0.05) is 13.1 Å². The van der Waals surface area contributed by atoms with E-state index in [0.29, 0.717) is 17.6 Å². The number of para-hydroxylation sites is 1. The third kappa shape index (κ3) is 3.72. The Kier molecular flexibility index (Phi) is 4.93. The SMILES string of the molecule is CNc1cc(C(=O)O)nc(COc2ccccc2C(C)C)n1. The average Bonchev–Trinajstić information content (AvgIpc) is 2.52. The van der Waals surface area contributed by atoms with E-state index >= 15 is 0 Å². The average molecular weight is 301 g/mol. The second kappa shape index (κ2) is 6.89. The Labute approximate surface area is 129 Å². The first-order valence-electron chi connectivity index (χ1n) is 7.02. The number of nitrogens with zero attached hydrogens (tertiary/aromatic N) is 2. The minimum absolute atomic E-state index is 0.0601. The number of hydrogen-bond donors (Lipinski definition) is 2. The van der Waals surface area contributed by atoms with Crippen molar-refractivity contribution in [2.45, 2.75) is 26.4 Å². The fraction of sp³-hybridized carbons (Fsp3) is 0.312. The minimum Gasteiger partial charge on any atom is -0.485 e. The molecule has 0 saturated heterocycles. The van der Waals surface area contributed by atoms with Crippen LogP contribution in [0.3, 0.4) is 0 Å². The van der Waals surface area contributed by atoms with Crippen molar-refractivity contribution in [3.05, 3.63) is 47.4 Å². The molecule has 1 heterocycles. The van der Waals surface area contributed by atoms with Crippen molar-refractivity contribution in [1.29, 1.82) is 0 Å². The molecule has 0 atom stereocenters. The number of anilines is 1.